The fourth-order valence-corrected chi connectivity index (χ4v) is 2.76. The Labute approximate surface area is 118 Å². The second-order valence-electron chi connectivity index (χ2n) is 5.02. The molecule has 1 unspecified atom stereocenters. The maximum atomic E-state index is 6.19. The first-order chi connectivity index (χ1) is 9.13. The average Bonchev–Trinajstić information content (AvgIpc) is 2.38. The zero-order chi connectivity index (χ0) is 13.4. The van der Waals surface area contributed by atoms with Gasteiger partial charge in [-0.25, -0.2) is 0 Å². The summed E-state index contributed by atoms with van der Waals surface area (Å²) in [6.45, 7) is 4.97. The molecule has 3 heteroatoms. The number of ether oxygens (including phenoxy) is 1. The second-order valence-corrected chi connectivity index (χ2v) is 5.43. The van der Waals surface area contributed by atoms with Crippen LogP contribution in [0.15, 0.2) is 36.4 Å². The topological polar surface area (TPSA) is 21.3 Å². The van der Waals surface area contributed by atoms with Gasteiger partial charge in [-0.05, 0) is 31.5 Å². The zero-order valence-electron chi connectivity index (χ0n) is 11.0. The molecule has 2 aromatic carbocycles. The van der Waals surface area contributed by atoms with Gasteiger partial charge in [-0.2, -0.15) is 0 Å². The molecule has 1 aliphatic heterocycles. The smallest absolute Gasteiger partial charge is 0.161 e. The van der Waals surface area contributed by atoms with Crippen LogP contribution in [0.3, 0.4) is 0 Å². The molecule has 2 aromatic rings. The Bertz CT molecular complexity index is 604. The van der Waals surface area contributed by atoms with Crippen LogP contribution in [-0.4, -0.2) is 6.54 Å². The van der Waals surface area contributed by atoms with E-state index in [1.54, 1.807) is 0 Å². The summed E-state index contributed by atoms with van der Waals surface area (Å²) >= 11 is 6.19. The van der Waals surface area contributed by atoms with Crippen molar-refractivity contribution in [1.82, 2.24) is 0 Å². The number of halogens is 1. The van der Waals surface area contributed by atoms with E-state index in [9.17, 15) is 0 Å². The van der Waals surface area contributed by atoms with Gasteiger partial charge in [0.15, 0.2) is 5.75 Å². The summed E-state index contributed by atoms with van der Waals surface area (Å²) in [7, 11) is 0. The van der Waals surface area contributed by atoms with E-state index in [0.29, 0.717) is 5.02 Å². The van der Waals surface area contributed by atoms with Crippen molar-refractivity contribution in [3.63, 3.8) is 0 Å². The third-order valence-electron chi connectivity index (χ3n) is 3.32. The Hall–Kier alpha value is -1.67. The van der Waals surface area contributed by atoms with E-state index >= 15 is 0 Å². The first kappa shape index (κ1) is 12.4. The molecule has 0 bridgehead atoms. The van der Waals surface area contributed by atoms with Gasteiger partial charge in [0, 0.05) is 0 Å². The summed E-state index contributed by atoms with van der Waals surface area (Å²) in [5.41, 5.74) is 4.66. The lowest BCUT2D eigenvalue weighted by Crippen LogP contribution is -2.23. The minimum atomic E-state index is 0.00556. The van der Waals surface area contributed by atoms with Gasteiger partial charge in [0.05, 0.1) is 17.3 Å². The van der Waals surface area contributed by atoms with Crippen molar-refractivity contribution in [2.45, 2.75) is 20.0 Å². The molecule has 0 saturated heterocycles. The summed E-state index contributed by atoms with van der Waals surface area (Å²) in [6.07, 6.45) is 0.00556. The van der Waals surface area contributed by atoms with Gasteiger partial charge in [0.2, 0.25) is 0 Å². The molecule has 0 amide bonds. The Morgan fingerprint density at radius 1 is 1.16 bits per heavy atom. The molecule has 0 saturated carbocycles. The molecular formula is C16H16ClNO. The largest absolute Gasteiger partial charge is 0.480 e. The molecule has 98 valence electrons. The first-order valence-electron chi connectivity index (χ1n) is 6.41. The molecule has 0 aromatic heterocycles. The fraction of sp³-hybridized carbons (Fsp3) is 0.250. The van der Waals surface area contributed by atoms with E-state index in [4.69, 9.17) is 16.3 Å². The van der Waals surface area contributed by atoms with Crippen molar-refractivity contribution >= 4 is 17.3 Å². The molecular weight excluding hydrogens is 258 g/mol. The SMILES string of the molecule is Cc1cc(C)cc(C2CNc3cccc(Cl)c3O2)c1. The number of para-hydroxylation sites is 1. The third kappa shape index (κ3) is 2.41. The lowest BCUT2D eigenvalue weighted by Gasteiger charge is -2.28. The lowest BCUT2D eigenvalue weighted by atomic mass is 10.0. The van der Waals surface area contributed by atoms with E-state index in [1.165, 1.54) is 16.7 Å². The number of anilines is 1. The normalized spacial score (nSPS) is 17.3. The van der Waals surface area contributed by atoms with Crippen molar-refractivity contribution < 1.29 is 4.74 Å². The van der Waals surface area contributed by atoms with Gasteiger partial charge in [-0.1, -0.05) is 47.0 Å². The van der Waals surface area contributed by atoms with Crippen molar-refractivity contribution in [3.05, 3.63) is 58.1 Å². The maximum Gasteiger partial charge on any atom is 0.161 e. The summed E-state index contributed by atoms with van der Waals surface area (Å²) in [5.74, 6) is 0.750. The van der Waals surface area contributed by atoms with Crippen LogP contribution in [0.4, 0.5) is 5.69 Å². The van der Waals surface area contributed by atoms with Crippen LogP contribution in [0.5, 0.6) is 5.75 Å². The van der Waals surface area contributed by atoms with Crippen LogP contribution < -0.4 is 10.1 Å². The highest BCUT2D eigenvalue weighted by atomic mass is 35.5. The highest BCUT2D eigenvalue weighted by Crippen LogP contribution is 2.39. The molecule has 0 spiro atoms. The zero-order valence-corrected chi connectivity index (χ0v) is 11.8. The second kappa shape index (κ2) is 4.78. The summed E-state index contributed by atoms with van der Waals surface area (Å²) in [5, 5.41) is 4.03. The third-order valence-corrected chi connectivity index (χ3v) is 3.62. The molecule has 1 aliphatic rings. The lowest BCUT2D eigenvalue weighted by molar-refractivity contribution is 0.210. The molecule has 19 heavy (non-hydrogen) atoms. The van der Waals surface area contributed by atoms with Gasteiger partial charge >= 0.3 is 0 Å². The molecule has 2 nitrogen and oxygen atoms in total. The highest BCUT2D eigenvalue weighted by molar-refractivity contribution is 6.32. The van der Waals surface area contributed by atoms with Crippen LogP contribution in [0.25, 0.3) is 0 Å². The molecule has 0 aliphatic carbocycles. The minimum Gasteiger partial charge on any atom is -0.480 e. The fourth-order valence-electron chi connectivity index (χ4n) is 2.54. The van der Waals surface area contributed by atoms with Gasteiger partial charge < -0.3 is 10.1 Å². The minimum absolute atomic E-state index is 0.00556. The molecule has 3 rings (SSSR count). The van der Waals surface area contributed by atoms with Gasteiger partial charge in [-0.3, -0.25) is 0 Å². The summed E-state index contributed by atoms with van der Waals surface area (Å²) in [6, 6.07) is 12.3. The standard InChI is InChI=1S/C16H16ClNO/c1-10-6-11(2)8-12(7-10)15-9-18-14-5-3-4-13(17)16(14)19-15/h3-8,15,18H,9H2,1-2H3. The van der Waals surface area contributed by atoms with E-state index in [2.05, 4.69) is 37.4 Å². The Morgan fingerprint density at radius 2 is 1.89 bits per heavy atom. The number of aryl methyl sites for hydroxylation is 2. The Kier molecular flexibility index (Phi) is 3.11. The van der Waals surface area contributed by atoms with E-state index in [-0.39, 0.29) is 6.10 Å². The predicted molar refractivity (Wildman–Crippen MR) is 79.2 cm³/mol. The van der Waals surface area contributed by atoms with E-state index in [1.807, 2.05) is 18.2 Å². The van der Waals surface area contributed by atoms with Crippen LogP contribution in [0, 0.1) is 13.8 Å². The quantitative estimate of drug-likeness (QED) is 0.826. The number of benzene rings is 2. The number of hydrogen-bond donors (Lipinski definition) is 1. The van der Waals surface area contributed by atoms with E-state index in [0.717, 1.165) is 18.0 Å². The van der Waals surface area contributed by atoms with Crippen LogP contribution in [0.2, 0.25) is 5.02 Å². The average molecular weight is 274 g/mol. The predicted octanol–water partition coefficient (Wildman–Crippen LogP) is 4.50. The summed E-state index contributed by atoms with van der Waals surface area (Å²) in [4.78, 5) is 0. The van der Waals surface area contributed by atoms with Gasteiger partial charge in [0.25, 0.3) is 0 Å². The number of hydrogen-bond acceptors (Lipinski definition) is 2. The maximum absolute atomic E-state index is 6.19. The molecule has 1 atom stereocenters. The molecule has 0 radical (unpaired) electrons. The summed E-state index contributed by atoms with van der Waals surface area (Å²) < 4.78 is 6.06. The van der Waals surface area contributed by atoms with Crippen LogP contribution in [-0.2, 0) is 0 Å². The number of nitrogens with one attached hydrogen (secondary N) is 1. The monoisotopic (exact) mass is 273 g/mol. The van der Waals surface area contributed by atoms with E-state index < -0.39 is 0 Å². The van der Waals surface area contributed by atoms with Gasteiger partial charge in [0.1, 0.15) is 6.10 Å². The van der Waals surface area contributed by atoms with Gasteiger partial charge in [-0.15, -0.1) is 0 Å². The van der Waals surface area contributed by atoms with Crippen molar-refractivity contribution in [2.24, 2.45) is 0 Å². The number of fused-ring (bicyclic) bond motifs is 1. The van der Waals surface area contributed by atoms with Crippen molar-refractivity contribution in [1.29, 1.82) is 0 Å². The highest BCUT2D eigenvalue weighted by Gasteiger charge is 2.22. The van der Waals surface area contributed by atoms with Crippen LogP contribution >= 0.6 is 11.6 Å². The Balaban J connectivity index is 1.95. The van der Waals surface area contributed by atoms with Crippen molar-refractivity contribution in [2.75, 3.05) is 11.9 Å². The Morgan fingerprint density at radius 3 is 2.63 bits per heavy atom. The van der Waals surface area contributed by atoms with Crippen molar-refractivity contribution in [3.8, 4) is 5.75 Å². The molecule has 1 heterocycles. The molecule has 0 fully saturated rings. The molecule has 1 N–H and O–H groups in total. The van der Waals surface area contributed by atoms with Crippen LogP contribution in [0.1, 0.15) is 22.8 Å². The first-order valence-corrected chi connectivity index (χ1v) is 6.78. The number of rotatable bonds is 1.